The Hall–Kier alpha value is -2.41. The molecule has 22 heavy (non-hydrogen) atoms. The van der Waals surface area contributed by atoms with E-state index in [-0.39, 0.29) is 17.1 Å². The van der Waals surface area contributed by atoms with Gasteiger partial charge in [0, 0.05) is 13.3 Å². The van der Waals surface area contributed by atoms with Crippen molar-refractivity contribution >= 4 is 23.3 Å². The summed E-state index contributed by atoms with van der Waals surface area (Å²) in [5, 5.41) is 11.8. The van der Waals surface area contributed by atoms with Gasteiger partial charge in [-0.3, -0.25) is 9.20 Å². The number of pyridine rings is 1. The van der Waals surface area contributed by atoms with Crippen LogP contribution in [0.4, 0.5) is 5.82 Å². The van der Waals surface area contributed by atoms with E-state index >= 15 is 0 Å². The molecule has 7 nitrogen and oxygen atoms in total. The summed E-state index contributed by atoms with van der Waals surface area (Å²) < 4.78 is 7.09. The number of aromatic carboxylic acids is 1. The number of amides is 1. The minimum absolute atomic E-state index is 0.134. The first-order chi connectivity index (χ1) is 10.5. The quantitative estimate of drug-likeness (QED) is 0.880. The Bertz CT molecular complexity index is 728. The molecule has 2 heterocycles. The average molecular weight is 303 g/mol. The number of carbonyl (C=O) groups excluding carboxylic acids is 1. The molecule has 0 bridgehead atoms. The minimum Gasteiger partial charge on any atom is -0.478 e. The predicted molar refractivity (Wildman–Crippen MR) is 79.0 cm³/mol. The number of fused-ring (bicyclic) bond motifs is 1. The van der Waals surface area contributed by atoms with Crippen LogP contribution in [0.25, 0.3) is 5.65 Å². The summed E-state index contributed by atoms with van der Waals surface area (Å²) in [5.41, 5.74) is 0.296. The van der Waals surface area contributed by atoms with E-state index in [1.165, 1.54) is 18.3 Å². The first-order valence-electron chi connectivity index (χ1n) is 7.08. The van der Waals surface area contributed by atoms with Crippen molar-refractivity contribution in [2.24, 2.45) is 0 Å². The molecule has 0 spiro atoms. The number of carboxylic acids is 1. The van der Waals surface area contributed by atoms with Gasteiger partial charge >= 0.3 is 5.97 Å². The molecule has 2 N–H and O–H groups in total. The van der Waals surface area contributed by atoms with Gasteiger partial charge in [-0.25, -0.2) is 9.78 Å². The summed E-state index contributed by atoms with van der Waals surface area (Å²) in [5.74, 6) is -0.628. The van der Waals surface area contributed by atoms with Crippen molar-refractivity contribution < 1.29 is 19.4 Å². The molecule has 1 saturated carbocycles. The summed E-state index contributed by atoms with van der Waals surface area (Å²) in [6.45, 7) is 0. The molecule has 7 heteroatoms. The Morgan fingerprint density at radius 1 is 1.50 bits per heavy atom. The van der Waals surface area contributed by atoms with Crippen LogP contribution in [-0.4, -0.2) is 39.1 Å². The number of rotatable bonds is 5. The Morgan fingerprint density at radius 3 is 2.86 bits per heavy atom. The van der Waals surface area contributed by atoms with Gasteiger partial charge in [0.1, 0.15) is 11.5 Å². The molecular formula is C15H17N3O4. The highest BCUT2D eigenvalue weighted by Crippen LogP contribution is 2.38. The second kappa shape index (κ2) is 5.42. The number of carboxylic acid groups (broad SMARTS) is 1. The standard InChI is InChI=1S/C15H17N3O4/c1-22-15(4-2-5-15)8-13(19)17-12-9-16-11-7-10(14(20)21)3-6-18(11)12/h3,6-7,9H,2,4-5,8H2,1H3,(H,17,19)(H,20,21). The molecule has 0 saturated heterocycles. The van der Waals surface area contributed by atoms with E-state index in [1.54, 1.807) is 17.7 Å². The first-order valence-corrected chi connectivity index (χ1v) is 7.08. The molecule has 0 aromatic carbocycles. The topological polar surface area (TPSA) is 92.9 Å². The monoisotopic (exact) mass is 303 g/mol. The lowest BCUT2D eigenvalue weighted by atomic mass is 9.77. The molecule has 1 fully saturated rings. The van der Waals surface area contributed by atoms with E-state index in [4.69, 9.17) is 9.84 Å². The zero-order chi connectivity index (χ0) is 15.7. The van der Waals surface area contributed by atoms with Crippen molar-refractivity contribution in [1.29, 1.82) is 0 Å². The molecule has 2 aromatic heterocycles. The summed E-state index contributed by atoms with van der Waals surface area (Å²) in [6, 6.07) is 2.93. The number of aromatic nitrogens is 2. The number of anilines is 1. The molecule has 0 unspecified atom stereocenters. The smallest absolute Gasteiger partial charge is 0.335 e. The molecule has 1 amide bonds. The van der Waals surface area contributed by atoms with Crippen LogP contribution < -0.4 is 5.32 Å². The largest absolute Gasteiger partial charge is 0.478 e. The fourth-order valence-corrected chi connectivity index (χ4v) is 2.71. The van der Waals surface area contributed by atoms with Crippen molar-refractivity contribution in [3.8, 4) is 0 Å². The maximum absolute atomic E-state index is 12.2. The van der Waals surface area contributed by atoms with Crippen LogP contribution in [0.1, 0.15) is 36.0 Å². The number of carbonyl (C=O) groups is 2. The van der Waals surface area contributed by atoms with Gasteiger partial charge in [-0.2, -0.15) is 0 Å². The average Bonchev–Trinajstić information content (AvgIpc) is 2.85. The highest BCUT2D eigenvalue weighted by atomic mass is 16.5. The van der Waals surface area contributed by atoms with Crippen LogP contribution in [0, 0.1) is 0 Å². The van der Waals surface area contributed by atoms with Crippen LogP contribution >= 0.6 is 0 Å². The highest BCUT2D eigenvalue weighted by Gasteiger charge is 2.39. The summed E-state index contributed by atoms with van der Waals surface area (Å²) >= 11 is 0. The molecule has 116 valence electrons. The van der Waals surface area contributed by atoms with Crippen LogP contribution in [0.5, 0.6) is 0 Å². The Kier molecular flexibility index (Phi) is 3.58. The minimum atomic E-state index is -1.01. The van der Waals surface area contributed by atoms with E-state index in [0.717, 1.165) is 19.3 Å². The number of nitrogens with zero attached hydrogens (tertiary/aromatic N) is 2. The molecule has 0 aliphatic heterocycles. The zero-order valence-corrected chi connectivity index (χ0v) is 12.2. The lowest BCUT2D eigenvalue weighted by molar-refractivity contribution is -0.129. The van der Waals surface area contributed by atoms with E-state index in [2.05, 4.69) is 10.3 Å². The van der Waals surface area contributed by atoms with Gasteiger partial charge in [-0.15, -0.1) is 0 Å². The Labute approximate surface area is 126 Å². The third-order valence-electron chi connectivity index (χ3n) is 4.21. The van der Waals surface area contributed by atoms with Crippen molar-refractivity contribution in [1.82, 2.24) is 9.38 Å². The Balaban J connectivity index is 1.76. The van der Waals surface area contributed by atoms with Gasteiger partial charge in [-0.05, 0) is 31.4 Å². The van der Waals surface area contributed by atoms with E-state index in [9.17, 15) is 9.59 Å². The van der Waals surface area contributed by atoms with Gasteiger partial charge in [-0.1, -0.05) is 0 Å². The predicted octanol–water partition coefficient (Wildman–Crippen LogP) is 1.93. The molecular weight excluding hydrogens is 286 g/mol. The van der Waals surface area contributed by atoms with Gasteiger partial charge in [0.2, 0.25) is 5.91 Å². The van der Waals surface area contributed by atoms with Gasteiger partial charge in [0.25, 0.3) is 0 Å². The van der Waals surface area contributed by atoms with Crippen LogP contribution in [-0.2, 0) is 9.53 Å². The van der Waals surface area contributed by atoms with Gasteiger partial charge in [0.15, 0.2) is 0 Å². The Morgan fingerprint density at radius 2 is 2.27 bits per heavy atom. The van der Waals surface area contributed by atoms with Crippen LogP contribution in [0.3, 0.4) is 0 Å². The van der Waals surface area contributed by atoms with Gasteiger partial charge < -0.3 is 15.2 Å². The number of hydrogen-bond donors (Lipinski definition) is 2. The maximum atomic E-state index is 12.2. The maximum Gasteiger partial charge on any atom is 0.335 e. The van der Waals surface area contributed by atoms with Crippen LogP contribution in [0.2, 0.25) is 0 Å². The third kappa shape index (κ3) is 2.55. The fraction of sp³-hybridized carbons (Fsp3) is 0.400. The molecule has 2 aromatic rings. The highest BCUT2D eigenvalue weighted by molar-refractivity contribution is 5.92. The SMILES string of the molecule is COC1(CC(=O)Nc2cnc3cc(C(=O)O)ccn23)CCC1. The fourth-order valence-electron chi connectivity index (χ4n) is 2.71. The molecule has 3 rings (SSSR count). The van der Waals surface area contributed by atoms with Crippen molar-refractivity contribution in [3.63, 3.8) is 0 Å². The second-order valence-corrected chi connectivity index (χ2v) is 5.56. The molecule has 0 radical (unpaired) electrons. The zero-order valence-electron chi connectivity index (χ0n) is 12.2. The summed E-state index contributed by atoms with van der Waals surface area (Å²) in [6.07, 6.45) is 6.27. The van der Waals surface area contributed by atoms with E-state index < -0.39 is 5.97 Å². The number of imidazole rings is 1. The number of methoxy groups -OCH3 is 1. The van der Waals surface area contributed by atoms with E-state index in [1.807, 2.05) is 0 Å². The normalized spacial score (nSPS) is 16.2. The number of hydrogen-bond acceptors (Lipinski definition) is 4. The molecule has 1 aliphatic carbocycles. The van der Waals surface area contributed by atoms with Crippen molar-refractivity contribution in [2.75, 3.05) is 12.4 Å². The van der Waals surface area contributed by atoms with Crippen molar-refractivity contribution in [2.45, 2.75) is 31.3 Å². The summed E-state index contributed by atoms with van der Waals surface area (Å²) in [4.78, 5) is 27.2. The van der Waals surface area contributed by atoms with Gasteiger partial charge in [0.05, 0.1) is 23.8 Å². The first kappa shape index (κ1) is 14.5. The lowest BCUT2D eigenvalue weighted by Crippen LogP contribution is -2.42. The van der Waals surface area contributed by atoms with Crippen LogP contribution in [0.15, 0.2) is 24.5 Å². The summed E-state index contributed by atoms with van der Waals surface area (Å²) in [7, 11) is 1.63. The lowest BCUT2D eigenvalue weighted by Gasteiger charge is -2.39. The molecule has 1 aliphatic rings. The molecule has 0 atom stereocenters. The third-order valence-corrected chi connectivity index (χ3v) is 4.21. The second-order valence-electron chi connectivity index (χ2n) is 5.56. The number of ether oxygens (including phenoxy) is 1. The number of nitrogens with one attached hydrogen (secondary N) is 1. The van der Waals surface area contributed by atoms with E-state index in [0.29, 0.717) is 17.9 Å². The van der Waals surface area contributed by atoms with Crippen molar-refractivity contribution in [3.05, 3.63) is 30.1 Å².